The van der Waals surface area contributed by atoms with E-state index in [0.717, 1.165) is 42.2 Å². The number of methoxy groups -OCH3 is 1. The lowest BCUT2D eigenvalue weighted by molar-refractivity contribution is 0.117. The molecule has 0 bridgehead atoms. The van der Waals surface area contributed by atoms with Crippen LogP contribution >= 0.6 is 0 Å². The third-order valence-electron chi connectivity index (χ3n) is 4.42. The van der Waals surface area contributed by atoms with Gasteiger partial charge in [0.25, 0.3) is 0 Å². The molecule has 0 aromatic heterocycles. The molecule has 0 aliphatic heterocycles. The Labute approximate surface area is 128 Å². The number of hydrogen-bond acceptors (Lipinski definition) is 3. The summed E-state index contributed by atoms with van der Waals surface area (Å²) in [5.41, 5.74) is 7.12. The summed E-state index contributed by atoms with van der Waals surface area (Å²) in [5.74, 6) is 2.53. The predicted octanol–water partition coefficient (Wildman–Crippen LogP) is 3.93. The Kier molecular flexibility index (Phi) is 5.92. The van der Waals surface area contributed by atoms with Crippen LogP contribution in [-0.2, 0) is 6.42 Å². The quantitative estimate of drug-likeness (QED) is 0.863. The molecule has 0 heterocycles. The molecule has 1 aliphatic carbocycles. The SMILES string of the molecule is CCC1CCCC(Oc2c(CC(C)N)cccc2OC)C1. The highest BCUT2D eigenvalue weighted by atomic mass is 16.5. The maximum Gasteiger partial charge on any atom is 0.164 e. The highest BCUT2D eigenvalue weighted by Gasteiger charge is 2.24. The van der Waals surface area contributed by atoms with E-state index in [0.29, 0.717) is 6.10 Å². The van der Waals surface area contributed by atoms with E-state index in [2.05, 4.69) is 13.0 Å². The van der Waals surface area contributed by atoms with Gasteiger partial charge in [-0.15, -0.1) is 0 Å². The zero-order valence-electron chi connectivity index (χ0n) is 13.6. The van der Waals surface area contributed by atoms with E-state index in [9.17, 15) is 0 Å². The van der Waals surface area contributed by atoms with Crippen molar-refractivity contribution < 1.29 is 9.47 Å². The van der Waals surface area contributed by atoms with Crippen LogP contribution in [0, 0.1) is 5.92 Å². The Morgan fingerprint density at radius 1 is 1.33 bits per heavy atom. The Hall–Kier alpha value is -1.22. The molecule has 3 nitrogen and oxygen atoms in total. The largest absolute Gasteiger partial charge is 0.493 e. The fourth-order valence-corrected chi connectivity index (χ4v) is 3.25. The van der Waals surface area contributed by atoms with Crippen LogP contribution in [0.2, 0.25) is 0 Å². The molecule has 1 fully saturated rings. The van der Waals surface area contributed by atoms with Crippen LogP contribution < -0.4 is 15.2 Å². The van der Waals surface area contributed by atoms with Crippen molar-refractivity contribution >= 4 is 0 Å². The van der Waals surface area contributed by atoms with Crippen molar-refractivity contribution in [3.63, 3.8) is 0 Å². The summed E-state index contributed by atoms with van der Waals surface area (Å²) < 4.78 is 11.9. The van der Waals surface area contributed by atoms with Crippen molar-refractivity contribution in [1.82, 2.24) is 0 Å². The fraction of sp³-hybridized carbons (Fsp3) is 0.667. The van der Waals surface area contributed by atoms with Gasteiger partial charge in [-0.25, -0.2) is 0 Å². The third-order valence-corrected chi connectivity index (χ3v) is 4.42. The first-order chi connectivity index (χ1) is 10.1. The minimum atomic E-state index is 0.120. The second kappa shape index (κ2) is 7.69. The molecule has 0 saturated heterocycles. The van der Waals surface area contributed by atoms with Crippen molar-refractivity contribution in [2.24, 2.45) is 11.7 Å². The van der Waals surface area contributed by atoms with E-state index < -0.39 is 0 Å². The Balaban J connectivity index is 2.16. The maximum atomic E-state index is 6.36. The average Bonchev–Trinajstić information content (AvgIpc) is 2.48. The third kappa shape index (κ3) is 4.37. The molecular weight excluding hydrogens is 262 g/mol. The lowest BCUT2D eigenvalue weighted by atomic mass is 9.85. The van der Waals surface area contributed by atoms with Crippen molar-refractivity contribution in [2.75, 3.05) is 7.11 Å². The summed E-state index contributed by atoms with van der Waals surface area (Å²) in [6.45, 7) is 4.30. The molecule has 21 heavy (non-hydrogen) atoms. The highest BCUT2D eigenvalue weighted by Crippen LogP contribution is 2.36. The molecule has 2 rings (SSSR count). The van der Waals surface area contributed by atoms with Crippen LogP contribution in [0.5, 0.6) is 11.5 Å². The number of nitrogens with two attached hydrogens (primary N) is 1. The molecule has 3 unspecified atom stereocenters. The Morgan fingerprint density at radius 2 is 2.14 bits per heavy atom. The molecule has 2 N–H and O–H groups in total. The molecular formula is C18H29NO2. The van der Waals surface area contributed by atoms with E-state index in [1.165, 1.54) is 19.3 Å². The molecule has 0 spiro atoms. The number of benzene rings is 1. The molecule has 0 radical (unpaired) electrons. The molecule has 1 saturated carbocycles. The van der Waals surface area contributed by atoms with Crippen LogP contribution in [0.3, 0.4) is 0 Å². The minimum Gasteiger partial charge on any atom is -0.493 e. The molecule has 3 atom stereocenters. The number of rotatable bonds is 6. The summed E-state index contributed by atoms with van der Waals surface area (Å²) >= 11 is 0. The van der Waals surface area contributed by atoms with E-state index in [1.807, 2.05) is 19.1 Å². The summed E-state index contributed by atoms with van der Waals surface area (Å²) in [5, 5.41) is 0. The van der Waals surface area contributed by atoms with E-state index in [1.54, 1.807) is 7.11 Å². The predicted molar refractivity (Wildman–Crippen MR) is 87.0 cm³/mol. The highest BCUT2D eigenvalue weighted by molar-refractivity contribution is 5.47. The number of hydrogen-bond donors (Lipinski definition) is 1. The van der Waals surface area contributed by atoms with Gasteiger partial charge in [0.05, 0.1) is 13.2 Å². The monoisotopic (exact) mass is 291 g/mol. The van der Waals surface area contributed by atoms with Gasteiger partial charge in [0.15, 0.2) is 11.5 Å². The van der Waals surface area contributed by atoms with Crippen LogP contribution in [0.1, 0.15) is 51.5 Å². The summed E-state index contributed by atoms with van der Waals surface area (Å²) in [7, 11) is 1.70. The zero-order chi connectivity index (χ0) is 15.2. The summed E-state index contributed by atoms with van der Waals surface area (Å²) in [6.07, 6.45) is 7.29. The van der Waals surface area contributed by atoms with Crippen molar-refractivity contribution in [3.8, 4) is 11.5 Å². The second-order valence-electron chi connectivity index (χ2n) is 6.31. The topological polar surface area (TPSA) is 44.5 Å². The maximum absolute atomic E-state index is 6.36. The van der Waals surface area contributed by atoms with E-state index in [4.69, 9.17) is 15.2 Å². The summed E-state index contributed by atoms with van der Waals surface area (Å²) in [4.78, 5) is 0. The van der Waals surface area contributed by atoms with Gasteiger partial charge in [0.2, 0.25) is 0 Å². The molecule has 118 valence electrons. The van der Waals surface area contributed by atoms with Gasteiger partial charge in [-0.3, -0.25) is 0 Å². The zero-order valence-corrected chi connectivity index (χ0v) is 13.6. The Bertz CT molecular complexity index is 445. The van der Waals surface area contributed by atoms with Gasteiger partial charge >= 0.3 is 0 Å². The van der Waals surface area contributed by atoms with Crippen LogP contribution in [0.25, 0.3) is 0 Å². The molecule has 0 amide bonds. The normalized spacial score (nSPS) is 23.6. The van der Waals surface area contributed by atoms with Gasteiger partial charge in [-0.2, -0.15) is 0 Å². The Morgan fingerprint density at radius 3 is 2.81 bits per heavy atom. The average molecular weight is 291 g/mol. The smallest absolute Gasteiger partial charge is 0.164 e. The molecule has 1 aliphatic rings. The van der Waals surface area contributed by atoms with E-state index >= 15 is 0 Å². The second-order valence-corrected chi connectivity index (χ2v) is 6.31. The van der Waals surface area contributed by atoms with Crippen molar-refractivity contribution in [2.45, 2.75) is 64.5 Å². The van der Waals surface area contributed by atoms with Crippen LogP contribution in [0.15, 0.2) is 18.2 Å². The number of ether oxygens (including phenoxy) is 2. The first-order valence-corrected chi connectivity index (χ1v) is 8.22. The van der Waals surface area contributed by atoms with Gasteiger partial charge < -0.3 is 15.2 Å². The minimum absolute atomic E-state index is 0.120. The molecule has 1 aromatic carbocycles. The lowest BCUT2D eigenvalue weighted by Crippen LogP contribution is -2.26. The number of para-hydroxylation sites is 1. The van der Waals surface area contributed by atoms with Gasteiger partial charge in [-0.1, -0.05) is 31.9 Å². The van der Waals surface area contributed by atoms with E-state index in [-0.39, 0.29) is 6.04 Å². The van der Waals surface area contributed by atoms with Crippen LogP contribution in [0.4, 0.5) is 0 Å². The van der Waals surface area contributed by atoms with Crippen molar-refractivity contribution in [3.05, 3.63) is 23.8 Å². The first-order valence-electron chi connectivity index (χ1n) is 8.22. The molecule has 1 aromatic rings. The van der Waals surface area contributed by atoms with Gasteiger partial charge in [-0.05, 0) is 50.2 Å². The first kappa shape index (κ1) is 16.2. The lowest BCUT2D eigenvalue weighted by Gasteiger charge is -2.30. The summed E-state index contributed by atoms with van der Waals surface area (Å²) in [6, 6.07) is 6.20. The fourth-order valence-electron chi connectivity index (χ4n) is 3.25. The van der Waals surface area contributed by atoms with Crippen LogP contribution in [-0.4, -0.2) is 19.3 Å². The van der Waals surface area contributed by atoms with Gasteiger partial charge in [0, 0.05) is 6.04 Å². The molecule has 3 heteroatoms. The van der Waals surface area contributed by atoms with Gasteiger partial charge in [0.1, 0.15) is 0 Å². The standard InChI is InChI=1S/C18H29NO2/c1-4-14-7-5-9-16(12-14)21-18-15(11-13(2)19)8-6-10-17(18)20-3/h6,8,10,13-14,16H,4-5,7,9,11-12,19H2,1-3H3. The van der Waals surface area contributed by atoms with Crippen molar-refractivity contribution in [1.29, 1.82) is 0 Å².